The Balaban J connectivity index is 1.48. The zero-order valence-corrected chi connectivity index (χ0v) is 22.0. The average Bonchev–Trinajstić information content (AvgIpc) is 3.29. The first-order chi connectivity index (χ1) is 17.6. The Morgan fingerprint density at radius 2 is 1.89 bits per heavy atom. The lowest BCUT2D eigenvalue weighted by Gasteiger charge is -2.34. The molecule has 2 saturated heterocycles. The van der Waals surface area contributed by atoms with Crippen LogP contribution in [0.25, 0.3) is 11.4 Å². The molecule has 3 heterocycles. The lowest BCUT2D eigenvalue weighted by Crippen LogP contribution is -2.46. The molecular formula is C27H31ClFN5O3. The molecule has 0 spiro atoms. The number of fused-ring (bicyclic) bond motifs is 2. The lowest BCUT2D eigenvalue weighted by molar-refractivity contribution is -0.120. The van der Waals surface area contributed by atoms with Gasteiger partial charge in [-0.2, -0.15) is 4.68 Å². The molecule has 1 aromatic heterocycles. The highest BCUT2D eigenvalue weighted by atomic mass is 35.5. The predicted molar refractivity (Wildman–Crippen MR) is 139 cm³/mol. The van der Waals surface area contributed by atoms with Gasteiger partial charge in [-0.1, -0.05) is 23.7 Å². The zero-order chi connectivity index (χ0) is 26.3. The summed E-state index contributed by atoms with van der Waals surface area (Å²) in [4.78, 5) is 27.9. The minimum atomic E-state index is -0.992. The number of carbonyl (C=O) groups excluding carboxylic acids is 1. The van der Waals surface area contributed by atoms with Gasteiger partial charge in [-0.3, -0.25) is 9.69 Å². The summed E-state index contributed by atoms with van der Waals surface area (Å²) in [6, 6.07) is 12.4. The van der Waals surface area contributed by atoms with Gasteiger partial charge in [0, 0.05) is 36.6 Å². The normalized spacial score (nSPS) is 19.8. The van der Waals surface area contributed by atoms with E-state index in [0.717, 1.165) is 37.3 Å². The number of nitrogens with one attached hydrogen (secondary N) is 1. The van der Waals surface area contributed by atoms with E-state index in [9.17, 15) is 9.59 Å². The van der Waals surface area contributed by atoms with E-state index in [1.165, 1.54) is 17.6 Å². The van der Waals surface area contributed by atoms with Gasteiger partial charge in [-0.25, -0.2) is 13.8 Å². The number of hydrogen-bond donors (Lipinski definition) is 1. The highest BCUT2D eigenvalue weighted by Crippen LogP contribution is 2.29. The van der Waals surface area contributed by atoms with Crippen molar-refractivity contribution in [1.82, 2.24) is 24.6 Å². The van der Waals surface area contributed by atoms with Gasteiger partial charge in [0.05, 0.1) is 30.1 Å². The Bertz CT molecular complexity index is 1370. The summed E-state index contributed by atoms with van der Waals surface area (Å²) in [5.74, 6) is -0.360. The van der Waals surface area contributed by atoms with Crippen LogP contribution >= 0.6 is 11.6 Å². The highest BCUT2D eigenvalue weighted by Gasteiger charge is 2.37. The van der Waals surface area contributed by atoms with E-state index >= 15 is 4.39 Å². The number of rotatable bonds is 7. The molecule has 8 nitrogen and oxygen atoms in total. The highest BCUT2D eigenvalue weighted by molar-refractivity contribution is 6.30. The van der Waals surface area contributed by atoms with Crippen molar-refractivity contribution in [1.29, 1.82) is 0 Å². The summed E-state index contributed by atoms with van der Waals surface area (Å²) >= 11 is 6.20. The Morgan fingerprint density at radius 3 is 2.54 bits per heavy atom. The lowest BCUT2D eigenvalue weighted by atomic mass is 10.0. The first-order valence-electron chi connectivity index (χ1n) is 12.5. The van der Waals surface area contributed by atoms with Crippen LogP contribution in [0.4, 0.5) is 4.39 Å². The molecule has 1 N–H and O–H groups in total. The monoisotopic (exact) mass is 527 g/mol. The molecule has 10 heteroatoms. The van der Waals surface area contributed by atoms with E-state index in [4.69, 9.17) is 16.3 Å². The molecule has 2 aliphatic rings. The number of nitrogens with zero attached hydrogens (tertiary/aromatic N) is 4. The molecule has 2 bridgehead atoms. The van der Waals surface area contributed by atoms with Crippen molar-refractivity contribution in [2.45, 2.75) is 57.7 Å². The van der Waals surface area contributed by atoms with Crippen molar-refractivity contribution >= 4 is 17.5 Å². The SMILES string of the molecule is CC(=O)NC(C)(C)c1nn(-c2ccc(CCN3C4CCC3COC4)c(F)c2)c(=O)n1-c1cccc(Cl)c1. The van der Waals surface area contributed by atoms with Gasteiger partial charge >= 0.3 is 5.69 Å². The smallest absolute Gasteiger partial charge is 0.355 e. The van der Waals surface area contributed by atoms with E-state index in [0.29, 0.717) is 46.3 Å². The van der Waals surface area contributed by atoms with Crippen molar-refractivity contribution in [2.24, 2.45) is 0 Å². The molecular weight excluding hydrogens is 497 g/mol. The summed E-state index contributed by atoms with van der Waals surface area (Å²) in [5.41, 5.74) is -0.0922. The van der Waals surface area contributed by atoms with Crippen molar-refractivity contribution in [3.8, 4) is 11.4 Å². The van der Waals surface area contributed by atoms with Gasteiger partial charge in [0.2, 0.25) is 5.91 Å². The number of halogens is 2. The van der Waals surface area contributed by atoms with Gasteiger partial charge in [-0.15, -0.1) is 5.10 Å². The third-order valence-corrected chi connectivity index (χ3v) is 7.44. The van der Waals surface area contributed by atoms with E-state index in [-0.39, 0.29) is 11.7 Å². The van der Waals surface area contributed by atoms with Crippen LogP contribution < -0.4 is 11.0 Å². The molecule has 0 saturated carbocycles. The molecule has 5 rings (SSSR count). The summed E-state index contributed by atoms with van der Waals surface area (Å²) in [6.45, 7) is 7.17. The second kappa shape index (κ2) is 10.0. The summed E-state index contributed by atoms with van der Waals surface area (Å²) in [7, 11) is 0. The van der Waals surface area contributed by atoms with Gasteiger partial charge in [0.25, 0.3) is 0 Å². The maximum absolute atomic E-state index is 15.3. The van der Waals surface area contributed by atoms with E-state index in [1.54, 1.807) is 50.2 Å². The molecule has 3 aromatic rings. The molecule has 2 fully saturated rings. The molecule has 37 heavy (non-hydrogen) atoms. The number of ether oxygens (including phenoxy) is 1. The topological polar surface area (TPSA) is 81.4 Å². The van der Waals surface area contributed by atoms with Gasteiger partial charge in [0.15, 0.2) is 5.82 Å². The largest absolute Gasteiger partial charge is 0.378 e. The molecule has 0 radical (unpaired) electrons. The minimum Gasteiger partial charge on any atom is -0.378 e. The zero-order valence-electron chi connectivity index (χ0n) is 21.2. The molecule has 2 unspecified atom stereocenters. The average molecular weight is 528 g/mol. The van der Waals surface area contributed by atoms with Crippen LogP contribution in [0.15, 0.2) is 47.3 Å². The minimum absolute atomic E-state index is 0.270. The second-order valence-electron chi connectivity index (χ2n) is 10.3. The van der Waals surface area contributed by atoms with Crippen LogP contribution in [0.5, 0.6) is 0 Å². The number of carbonyl (C=O) groups is 1. The maximum Gasteiger partial charge on any atom is 0.355 e. The van der Waals surface area contributed by atoms with E-state index < -0.39 is 11.2 Å². The van der Waals surface area contributed by atoms with Crippen LogP contribution in [0, 0.1) is 5.82 Å². The van der Waals surface area contributed by atoms with E-state index in [1.807, 2.05) is 0 Å². The Kier molecular flexibility index (Phi) is 6.95. The summed E-state index contributed by atoms with van der Waals surface area (Å²) < 4.78 is 23.5. The maximum atomic E-state index is 15.3. The molecule has 2 atom stereocenters. The van der Waals surface area contributed by atoms with Crippen LogP contribution in [-0.2, 0) is 21.5 Å². The number of aromatic nitrogens is 3. The van der Waals surface area contributed by atoms with Crippen molar-refractivity contribution in [2.75, 3.05) is 19.8 Å². The van der Waals surface area contributed by atoms with Gasteiger partial charge < -0.3 is 10.1 Å². The predicted octanol–water partition coefficient (Wildman–Crippen LogP) is 3.59. The van der Waals surface area contributed by atoms with Gasteiger partial charge in [0.1, 0.15) is 5.82 Å². The summed E-state index contributed by atoms with van der Waals surface area (Å²) in [6.07, 6.45) is 2.83. The first kappa shape index (κ1) is 25.6. The van der Waals surface area contributed by atoms with Crippen molar-refractivity contribution < 1.29 is 13.9 Å². The van der Waals surface area contributed by atoms with Crippen LogP contribution in [-0.4, -0.2) is 57.0 Å². The van der Waals surface area contributed by atoms with E-state index in [2.05, 4.69) is 15.3 Å². The van der Waals surface area contributed by atoms with Crippen molar-refractivity contribution in [3.05, 3.63) is 75.2 Å². The molecule has 2 aliphatic heterocycles. The third-order valence-electron chi connectivity index (χ3n) is 7.21. The summed E-state index contributed by atoms with van der Waals surface area (Å²) in [5, 5.41) is 7.84. The number of hydrogen-bond acceptors (Lipinski definition) is 5. The Labute approximate surface area is 220 Å². The first-order valence-corrected chi connectivity index (χ1v) is 12.9. The number of morpholine rings is 1. The fourth-order valence-electron chi connectivity index (χ4n) is 5.48. The fourth-order valence-corrected chi connectivity index (χ4v) is 5.67. The van der Waals surface area contributed by atoms with Crippen molar-refractivity contribution in [3.63, 3.8) is 0 Å². The fraction of sp³-hybridized carbons (Fsp3) is 0.444. The second-order valence-corrected chi connectivity index (χ2v) is 10.8. The van der Waals surface area contributed by atoms with Crippen LogP contribution in [0.2, 0.25) is 5.02 Å². The molecule has 1 amide bonds. The Hall–Kier alpha value is -3.01. The molecule has 0 aliphatic carbocycles. The van der Waals surface area contributed by atoms with Crippen LogP contribution in [0.3, 0.4) is 0 Å². The Morgan fingerprint density at radius 1 is 1.16 bits per heavy atom. The van der Waals surface area contributed by atoms with Crippen LogP contribution in [0.1, 0.15) is 45.0 Å². The quantitative estimate of drug-likeness (QED) is 0.508. The third kappa shape index (κ3) is 5.08. The number of amides is 1. The van der Waals surface area contributed by atoms with Gasteiger partial charge in [-0.05, 0) is 62.9 Å². The molecule has 2 aromatic carbocycles. The standard InChI is InChI=1S/C27H31ClFN5O3/c1-17(35)30-27(2,3)25-31-34(26(36)33(25)20-6-4-5-19(28)13-20)21-8-7-18(24(29)14-21)11-12-32-22-9-10-23(32)16-37-15-22/h4-8,13-14,22-23H,9-12,15-16H2,1-3H3,(H,30,35). The molecule has 196 valence electrons. The number of benzene rings is 2.